The van der Waals surface area contributed by atoms with Crippen LogP contribution in [0, 0.1) is 5.82 Å². The van der Waals surface area contributed by atoms with Gasteiger partial charge in [0.15, 0.2) is 5.16 Å². The summed E-state index contributed by atoms with van der Waals surface area (Å²) >= 11 is 1.52. The molecule has 3 rings (SSSR count). The molecule has 2 aromatic heterocycles. The first-order valence-electron chi connectivity index (χ1n) is 5.01. The molecule has 0 aliphatic carbocycles. The average molecular weight is 248 g/mol. The van der Waals surface area contributed by atoms with Gasteiger partial charge in [0.05, 0.1) is 11.9 Å². The zero-order valence-electron chi connectivity index (χ0n) is 9.01. The van der Waals surface area contributed by atoms with Crippen LogP contribution in [0.3, 0.4) is 0 Å². The number of imidazole rings is 1. The molecule has 0 atom stereocenters. The Balaban J connectivity index is 2.16. The van der Waals surface area contributed by atoms with Crippen LogP contribution < -0.4 is 0 Å². The van der Waals surface area contributed by atoms with Crippen molar-refractivity contribution in [1.82, 2.24) is 19.6 Å². The van der Waals surface area contributed by atoms with Gasteiger partial charge in [0.25, 0.3) is 5.78 Å². The summed E-state index contributed by atoms with van der Waals surface area (Å²) in [6.45, 7) is 0. The number of fused-ring (bicyclic) bond motifs is 1. The van der Waals surface area contributed by atoms with Crippen molar-refractivity contribution in [1.29, 1.82) is 0 Å². The topological polar surface area (TPSA) is 46.0 Å². The minimum atomic E-state index is -0.246. The van der Waals surface area contributed by atoms with E-state index in [9.17, 15) is 4.39 Å². The first kappa shape index (κ1) is 10.3. The molecule has 0 unspecified atom stereocenters. The minimum Gasteiger partial charge on any atom is -0.269 e. The van der Waals surface area contributed by atoms with Gasteiger partial charge in [-0.25, -0.2) is 13.9 Å². The van der Waals surface area contributed by atoms with Crippen molar-refractivity contribution in [2.45, 2.75) is 5.16 Å². The van der Waals surface area contributed by atoms with E-state index < -0.39 is 0 Å². The Labute approximate surface area is 101 Å². The second-order valence-electron chi connectivity index (χ2n) is 3.52. The Morgan fingerprint density at radius 1 is 1.29 bits per heavy atom. The number of H-pyrrole nitrogens is 1. The largest absolute Gasteiger partial charge is 0.269 e. The lowest BCUT2D eigenvalue weighted by molar-refractivity contribution is 0.628. The summed E-state index contributed by atoms with van der Waals surface area (Å²) in [7, 11) is 0. The monoisotopic (exact) mass is 248 g/mol. The van der Waals surface area contributed by atoms with Crippen molar-refractivity contribution in [2.24, 2.45) is 0 Å². The molecule has 17 heavy (non-hydrogen) atoms. The number of benzene rings is 1. The second kappa shape index (κ2) is 3.89. The number of hydrogen-bond acceptors (Lipinski definition) is 3. The SMILES string of the molecule is CSc1nc2ncc(-c3ccc(F)cc3)n2[nH]1. The molecular formula is C11H9FN4S. The number of nitrogens with one attached hydrogen (secondary N) is 1. The Morgan fingerprint density at radius 2 is 2.06 bits per heavy atom. The van der Waals surface area contributed by atoms with Gasteiger partial charge in [0, 0.05) is 5.56 Å². The maximum atomic E-state index is 12.9. The van der Waals surface area contributed by atoms with Crippen LogP contribution in [-0.2, 0) is 0 Å². The van der Waals surface area contributed by atoms with E-state index in [2.05, 4.69) is 15.1 Å². The van der Waals surface area contributed by atoms with E-state index in [1.165, 1.54) is 23.9 Å². The van der Waals surface area contributed by atoms with Gasteiger partial charge in [-0.05, 0) is 30.5 Å². The van der Waals surface area contributed by atoms with Crippen molar-refractivity contribution < 1.29 is 4.39 Å². The molecule has 0 bridgehead atoms. The Morgan fingerprint density at radius 3 is 2.76 bits per heavy atom. The zero-order valence-corrected chi connectivity index (χ0v) is 9.83. The third-order valence-electron chi connectivity index (χ3n) is 2.49. The molecule has 1 N–H and O–H groups in total. The summed E-state index contributed by atoms with van der Waals surface area (Å²) in [5, 5.41) is 3.92. The molecule has 0 radical (unpaired) electrons. The number of rotatable bonds is 2. The van der Waals surface area contributed by atoms with Crippen molar-refractivity contribution in [3.05, 3.63) is 36.3 Å². The van der Waals surface area contributed by atoms with Crippen molar-refractivity contribution in [2.75, 3.05) is 6.26 Å². The highest BCUT2D eigenvalue weighted by Gasteiger charge is 2.09. The van der Waals surface area contributed by atoms with Gasteiger partial charge in [-0.1, -0.05) is 11.8 Å². The Kier molecular flexibility index (Phi) is 2.36. The molecular weight excluding hydrogens is 239 g/mol. The fraction of sp³-hybridized carbons (Fsp3) is 0.0909. The van der Waals surface area contributed by atoms with Crippen molar-refractivity contribution in [3.63, 3.8) is 0 Å². The molecule has 0 aliphatic heterocycles. The molecule has 0 aliphatic rings. The van der Waals surface area contributed by atoms with Crippen LogP contribution in [0.4, 0.5) is 4.39 Å². The second-order valence-corrected chi connectivity index (χ2v) is 4.31. The predicted molar refractivity (Wildman–Crippen MR) is 64.5 cm³/mol. The van der Waals surface area contributed by atoms with Gasteiger partial charge in [0.1, 0.15) is 5.82 Å². The Hall–Kier alpha value is -1.82. The smallest absolute Gasteiger partial charge is 0.251 e. The molecule has 0 fully saturated rings. The lowest BCUT2D eigenvalue weighted by Crippen LogP contribution is -1.88. The predicted octanol–water partition coefficient (Wildman–Crippen LogP) is 2.59. The lowest BCUT2D eigenvalue weighted by atomic mass is 10.2. The number of halogens is 1. The molecule has 3 aromatic rings. The highest BCUT2D eigenvalue weighted by atomic mass is 32.2. The summed E-state index contributed by atoms with van der Waals surface area (Å²) in [6, 6.07) is 6.30. The summed E-state index contributed by atoms with van der Waals surface area (Å²) in [4.78, 5) is 8.48. The number of thioether (sulfide) groups is 1. The van der Waals surface area contributed by atoms with Gasteiger partial charge in [0.2, 0.25) is 0 Å². The normalized spacial score (nSPS) is 11.2. The van der Waals surface area contributed by atoms with E-state index >= 15 is 0 Å². The first-order chi connectivity index (χ1) is 8.28. The van der Waals surface area contributed by atoms with E-state index in [4.69, 9.17) is 0 Å². The molecule has 4 nitrogen and oxygen atoms in total. The third kappa shape index (κ3) is 1.70. The molecule has 0 spiro atoms. The number of nitrogens with zero attached hydrogens (tertiary/aromatic N) is 3. The zero-order chi connectivity index (χ0) is 11.8. The van der Waals surface area contributed by atoms with E-state index in [-0.39, 0.29) is 5.82 Å². The Bertz CT molecular complexity index is 656. The third-order valence-corrected chi connectivity index (χ3v) is 3.05. The maximum Gasteiger partial charge on any atom is 0.251 e. The van der Waals surface area contributed by atoms with Gasteiger partial charge in [-0.3, -0.25) is 5.10 Å². The summed E-state index contributed by atoms with van der Waals surface area (Å²) < 4.78 is 14.6. The van der Waals surface area contributed by atoms with Crippen molar-refractivity contribution >= 4 is 17.5 Å². The fourth-order valence-corrected chi connectivity index (χ4v) is 2.01. The average Bonchev–Trinajstić information content (AvgIpc) is 2.89. The fourth-order valence-electron chi connectivity index (χ4n) is 1.66. The molecule has 0 saturated heterocycles. The van der Waals surface area contributed by atoms with E-state index in [1.54, 1.807) is 22.8 Å². The quantitative estimate of drug-likeness (QED) is 0.709. The molecule has 0 amide bonds. The lowest BCUT2D eigenvalue weighted by Gasteiger charge is -1.98. The highest BCUT2D eigenvalue weighted by Crippen LogP contribution is 2.21. The van der Waals surface area contributed by atoms with Crippen LogP contribution in [0.15, 0.2) is 35.6 Å². The number of hydrogen-bond donors (Lipinski definition) is 1. The molecule has 1 aromatic carbocycles. The van der Waals surface area contributed by atoms with Crippen LogP contribution in [-0.4, -0.2) is 25.8 Å². The van der Waals surface area contributed by atoms with Crippen LogP contribution in [0.5, 0.6) is 0 Å². The van der Waals surface area contributed by atoms with E-state index in [0.29, 0.717) is 5.78 Å². The van der Waals surface area contributed by atoms with Crippen LogP contribution in [0.2, 0.25) is 0 Å². The van der Waals surface area contributed by atoms with Crippen LogP contribution in [0.1, 0.15) is 0 Å². The van der Waals surface area contributed by atoms with Gasteiger partial charge in [-0.15, -0.1) is 0 Å². The van der Waals surface area contributed by atoms with Gasteiger partial charge >= 0.3 is 0 Å². The summed E-state index contributed by atoms with van der Waals surface area (Å²) in [5.41, 5.74) is 1.77. The van der Waals surface area contributed by atoms with Crippen LogP contribution >= 0.6 is 11.8 Å². The number of aromatic amines is 1. The molecule has 6 heteroatoms. The van der Waals surface area contributed by atoms with Gasteiger partial charge < -0.3 is 0 Å². The number of aromatic nitrogens is 4. The molecule has 0 saturated carbocycles. The maximum absolute atomic E-state index is 12.9. The van der Waals surface area contributed by atoms with Crippen molar-refractivity contribution in [3.8, 4) is 11.3 Å². The minimum absolute atomic E-state index is 0.246. The van der Waals surface area contributed by atoms with E-state index in [0.717, 1.165) is 16.4 Å². The summed E-state index contributed by atoms with van der Waals surface area (Å²) in [5.74, 6) is 0.373. The molecule has 2 heterocycles. The highest BCUT2D eigenvalue weighted by molar-refractivity contribution is 7.98. The van der Waals surface area contributed by atoms with Gasteiger partial charge in [-0.2, -0.15) is 4.98 Å². The molecule has 86 valence electrons. The summed E-state index contributed by atoms with van der Waals surface area (Å²) in [6.07, 6.45) is 3.66. The first-order valence-corrected chi connectivity index (χ1v) is 6.24. The van der Waals surface area contributed by atoms with Crippen LogP contribution in [0.25, 0.3) is 17.0 Å². The van der Waals surface area contributed by atoms with E-state index in [1.807, 2.05) is 6.26 Å². The standard InChI is InChI=1S/C11H9FN4S/c1-17-11-14-10-13-6-9(16(10)15-11)7-2-4-8(12)5-3-7/h2-6H,1H3,(H,13,14,15).